The van der Waals surface area contributed by atoms with E-state index in [9.17, 15) is 4.79 Å². The van der Waals surface area contributed by atoms with E-state index in [4.69, 9.17) is 16.7 Å². The van der Waals surface area contributed by atoms with Crippen LogP contribution in [0.1, 0.15) is 0 Å². The Morgan fingerprint density at radius 1 is 1.54 bits per heavy atom. The number of aliphatic carboxylic acids is 1. The second-order valence-electron chi connectivity index (χ2n) is 2.33. The predicted molar refractivity (Wildman–Crippen MR) is 51.9 cm³/mol. The maximum atomic E-state index is 10.1. The zero-order valence-electron chi connectivity index (χ0n) is 6.70. The lowest BCUT2D eigenvalue weighted by Gasteiger charge is -1.99. The molecular formula is C9H8ClNO2. The number of carboxylic acid groups (broad SMARTS) is 1. The molecule has 0 atom stereocenters. The molecule has 3 nitrogen and oxygen atoms in total. The quantitative estimate of drug-likeness (QED) is 0.732. The molecule has 0 aromatic heterocycles. The molecular weight excluding hydrogens is 190 g/mol. The number of hydrogen-bond donors (Lipinski definition) is 2. The van der Waals surface area contributed by atoms with Gasteiger partial charge in [0, 0.05) is 23.0 Å². The molecule has 0 spiro atoms. The van der Waals surface area contributed by atoms with Crippen LogP contribution in [-0.4, -0.2) is 11.1 Å². The monoisotopic (exact) mass is 197 g/mol. The van der Waals surface area contributed by atoms with Gasteiger partial charge in [-0.05, 0) is 18.2 Å². The van der Waals surface area contributed by atoms with E-state index in [1.807, 2.05) is 0 Å². The molecule has 0 radical (unpaired) electrons. The SMILES string of the molecule is O=C(O)/C=C/Nc1cccc(Cl)c1. The molecule has 1 rings (SSSR count). The Hall–Kier alpha value is -1.48. The topological polar surface area (TPSA) is 49.3 Å². The van der Waals surface area contributed by atoms with Crippen molar-refractivity contribution in [1.29, 1.82) is 0 Å². The number of nitrogens with one attached hydrogen (secondary N) is 1. The Morgan fingerprint density at radius 2 is 2.31 bits per heavy atom. The lowest BCUT2D eigenvalue weighted by molar-refractivity contribution is -0.131. The highest BCUT2D eigenvalue weighted by molar-refractivity contribution is 6.30. The van der Waals surface area contributed by atoms with Gasteiger partial charge >= 0.3 is 5.97 Å². The number of hydrogen-bond acceptors (Lipinski definition) is 2. The second kappa shape index (κ2) is 4.52. The van der Waals surface area contributed by atoms with E-state index in [1.54, 1.807) is 24.3 Å². The first-order valence-corrected chi connectivity index (χ1v) is 3.98. The summed E-state index contributed by atoms with van der Waals surface area (Å²) in [4.78, 5) is 10.1. The molecule has 1 aromatic carbocycles. The molecule has 0 bridgehead atoms. The molecule has 0 fully saturated rings. The van der Waals surface area contributed by atoms with Crippen molar-refractivity contribution in [3.63, 3.8) is 0 Å². The molecule has 4 heteroatoms. The number of rotatable bonds is 3. The van der Waals surface area contributed by atoms with Gasteiger partial charge in [-0.15, -0.1) is 0 Å². The molecule has 0 aliphatic heterocycles. The van der Waals surface area contributed by atoms with Crippen LogP contribution in [0.5, 0.6) is 0 Å². The van der Waals surface area contributed by atoms with Gasteiger partial charge in [0.15, 0.2) is 0 Å². The minimum absolute atomic E-state index is 0.605. The largest absolute Gasteiger partial charge is 0.478 e. The van der Waals surface area contributed by atoms with Crippen LogP contribution < -0.4 is 5.32 Å². The third-order valence-corrected chi connectivity index (χ3v) is 1.54. The summed E-state index contributed by atoms with van der Waals surface area (Å²) in [5, 5.41) is 11.7. The van der Waals surface area contributed by atoms with Crippen molar-refractivity contribution in [1.82, 2.24) is 0 Å². The van der Waals surface area contributed by atoms with Gasteiger partial charge in [0.1, 0.15) is 0 Å². The van der Waals surface area contributed by atoms with Crippen molar-refractivity contribution < 1.29 is 9.90 Å². The summed E-state index contributed by atoms with van der Waals surface area (Å²) in [5.74, 6) is -0.991. The summed E-state index contributed by atoms with van der Waals surface area (Å²) >= 11 is 5.71. The summed E-state index contributed by atoms with van der Waals surface area (Å²) in [6, 6.07) is 7.01. The van der Waals surface area contributed by atoms with Crippen molar-refractivity contribution in [2.75, 3.05) is 5.32 Å². The molecule has 0 saturated heterocycles. The first-order valence-electron chi connectivity index (χ1n) is 3.60. The summed E-state index contributed by atoms with van der Waals surface area (Å²) in [7, 11) is 0. The molecule has 0 saturated carbocycles. The fourth-order valence-electron chi connectivity index (χ4n) is 0.787. The number of carbonyl (C=O) groups is 1. The summed E-state index contributed by atoms with van der Waals surface area (Å²) < 4.78 is 0. The highest BCUT2D eigenvalue weighted by Gasteiger charge is 1.90. The average Bonchev–Trinajstić information content (AvgIpc) is 2.03. The number of halogens is 1. The third-order valence-electron chi connectivity index (χ3n) is 1.30. The Balaban J connectivity index is 2.59. The highest BCUT2D eigenvalue weighted by Crippen LogP contribution is 2.14. The van der Waals surface area contributed by atoms with Crippen molar-refractivity contribution >= 4 is 23.3 Å². The molecule has 1 aromatic rings. The van der Waals surface area contributed by atoms with Crippen molar-refractivity contribution in [3.8, 4) is 0 Å². The first kappa shape index (κ1) is 9.61. The Labute approximate surface area is 80.6 Å². The zero-order valence-corrected chi connectivity index (χ0v) is 7.45. The van der Waals surface area contributed by atoms with Crippen molar-refractivity contribution in [2.45, 2.75) is 0 Å². The molecule has 0 aliphatic rings. The first-order chi connectivity index (χ1) is 6.18. The van der Waals surface area contributed by atoms with E-state index in [1.165, 1.54) is 6.20 Å². The van der Waals surface area contributed by atoms with Gasteiger partial charge in [-0.3, -0.25) is 0 Å². The van der Waals surface area contributed by atoms with Gasteiger partial charge in [-0.2, -0.15) is 0 Å². The van der Waals surface area contributed by atoms with Crippen LogP contribution in [0.4, 0.5) is 5.69 Å². The van der Waals surface area contributed by atoms with Gasteiger partial charge in [0.05, 0.1) is 0 Å². The van der Waals surface area contributed by atoms with Gasteiger partial charge in [0.2, 0.25) is 0 Å². The third kappa shape index (κ3) is 3.62. The fourth-order valence-corrected chi connectivity index (χ4v) is 0.978. The van der Waals surface area contributed by atoms with Crippen LogP contribution in [0.2, 0.25) is 5.02 Å². The standard InChI is InChI=1S/C9H8ClNO2/c10-7-2-1-3-8(6-7)11-5-4-9(12)13/h1-6,11H,(H,12,13)/b5-4+. The van der Waals surface area contributed by atoms with Crippen LogP contribution in [0, 0.1) is 0 Å². The van der Waals surface area contributed by atoms with Crippen LogP contribution in [0.25, 0.3) is 0 Å². The Morgan fingerprint density at radius 3 is 2.92 bits per heavy atom. The minimum Gasteiger partial charge on any atom is -0.478 e. The van der Waals surface area contributed by atoms with E-state index in [0.717, 1.165) is 11.8 Å². The zero-order chi connectivity index (χ0) is 9.68. The maximum absolute atomic E-state index is 10.1. The van der Waals surface area contributed by atoms with Crippen molar-refractivity contribution in [3.05, 3.63) is 41.6 Å². The van der Waals surface area contributed by atoms with Gasteiger partial charge < -0.3 is 10.4 Å². The molecule has 0 heterocycles. The number of anilines is 1. The molecule has 0 aliphatic carbocycles. The molecule has 0 unspecified atom stereocenters. The summed E-state index contributed by atoms with van der Waals surface area (Å²) in [6.45, 7) is 0. The van der Waals surface area contributed by atoms with Crippen LogP contribution in [-0.2, 0) is 4.79 Å². The number of benzene rings is 1. The second-order valence-corrected chi connectivity index (χ2v) is 2.76. The predicted octanol–water partition coefficient (Wildman–Crippen LogP) is 2.35. The minimum atomic E-state index is -0.991. The van der Waals surface area contributed by atoms with E-state index < -0.39 is 5.97 Å². The average molecular weight is 198 g/mol. The summed E-state index contributed by atoms with van der Waals surface area (Å²) in [5.41, 5.74) is 0.755. The lowest BCUT2D eigenvalue weighted by Crippen LogP contribution is -1.91. The van der Waals surface area contributed by atoms with E-state index >= 15 is 0 Å². The Bertz CT molecular complexity index is 336. The summed E-state index contributed by atoms with van der Waals surface area (Å²) in [6.07, 6.45) is 2.36. The fraction of sp³-hybridized carbons (Fsp3) is 0. The van der Waals surface area contributed by atoms with Crippen molar-refractivity contribution in [2.24, 2.45) is 0 Å². The van der Waals surface area contributed by atoms with E-state index in [0.29, 0.717) is 5.02 Å². The van der Waals surface area contributed by atoms with Crippen LogP contribution in [0.3, 0.4) is 0 Å². The molecule has 13 heavy (non-hydrogen) atoms. The van der Waals surface area contributed by atoms with Crippen LogP contribution in [0.15, 0.2) is 36.5 Å². The maximum Gasteiger partial charge on any atom is 0.329 e. The van der Waals surface area contributed by atoms with Gasteiger partial charge in [-0.25, -0.2) is 4.79 Å². The molecule has 2 N–H and O–H groups in total. The van der Waals surface area contributed by atoms with Crippen LogP contribution >= 0.6 is 11.6 Å². The molecule has 68 valence electrons. The number of carboxylic acids is 1. The van der Waals surface area contributed by atoms with Gasteiger partial charge in [-0.1, -0.05) is 17.7 Å². The highest BCUT2D eigenvalue weighted by atomic mass is 35.5. The van der Waals surface area contributed by atoms with Gasteiger partial charge in [0.25, 0.3) is 0 Å². The van der Waals surface area contributed by atoms with E-state index in [-0.39, 0.29) is 0 Å². The van der Waals surface area contributed by atoms with E-state index in [2.05, 4.69) is 5.32 Å². The molecule has 0 amide bonds. The Kier molecular flexibility index (Phi) is 3.34. The smallest absolute Gasteiger partial charge is 0.329 e. The normalized spacial score (nSPS) is 10.2. The lowest BCUT2D eigenvalue weighted by atomic mass is 10.3.